The smallest absolute Gasteiger partial charge is 0.333 e. The number of ether oxygens (including phenoxy) is 1. The predicted molar refractivity (Wildman–Crippen MR) is 112 cm³/mol. The Kier molecular flexibility index (Phi) is 6.17. The van der Waals surface area contributed by atoms with Crippen molar-refractivity contribution in [1.29, 1.82) is 0 Å². The summed E-state index contributed by atoms with van der Waals surface area (Å²) < 4.78 is 33.7. The molecule has 1 saturated carbocycles. The Morgan fingerprint density at radius 2 is 2.10 bits per heavy atom. The first kappa shape index (κ1) is 21.2. The van der Waals surface area contributed by atoms with E-state index < -0.39 is 6.55 Å². The highest BCUT2D eigenvalue weighted by atomic mass is 19.3. The van der Waals surface area contributed by atoms with Crippen molar-refractivity contribution in [3.05, 3.63) is 30.6 Å². The Morgan fingerprint density at radius 3 is 2.65 bits per heavy atom. The van der Waals surface area contributed by atoms with Crippen LogP contribution in [0, 0.1) is 5.92 Å². The fourth-order valence-corrected chi connectivity index (χ4v) is 3.39. The van der Waals surface area contributed by atoms with Crippen molar-refractivity contribution >= 4 is 17.2 Å². The first-order chi connectivity index (χ1) is 15.0. The summed E-state index contributed by atoms with van der Waals surface area (Å²) in [4.78, 5) is 14.3. The van der Waals surface area contributed by atoms with Crippen LogP contribution >= 0.6 is 0 Å². The number of carbonyl (C=O) groups is 1. The molecule has 1 aliphatic heterocycles. The van der Waals surface area contributed by atoms with E-state index in [2.05, 4.69) is 27.3 Å². The zero-order valence-corrected chi connectivity index (χ0v) is 17.6. The second kappa shape index (κ2) is 9.01. The quantitative estimate of drug-likeness (QED) is 0.643. The van der Waals surface area contributed by atoms with E-state index >= 15 is 0 Å². The summed E-state index contributed by atoms with van der Waals surface area (Å²) >= 11 is 0. The molecule has 2 fully saturated rings. The molecule has 3 aromatic rings. The molecule has 0 unspecified atom stereocenters. The number of anilines is 1. The van der Waals surface area contributed by atoms with Gasteiger partial charge in [0.05, 0.1) is 18.8 Å². The predicted octanol–water partition coefficient (Wildman–Crippen LogP) is 3.66. The Labute approximate surface area is 178 Å². The topological polar surface area (TPSA) is 76.7 Å². The van der Waals surface area contributed by atoms with Gasteiger partial charge in [0, 0.05) is 23.7 Å². The molecule has 0 aromatic carbocycles. The van der Waals surface area contributed by atoms with Gasteiger partial charge in [-0.1, -0.05) is 6.92 Å². The molecule has 31 heavy (non-hydrogen) atoms. The van der Waals surface area contributed by atoms with Crippen molar-refractivity contribution in [2.45, 2.75) is 32.7 Å². The highest BCUT2D eigenvalue weighted by Gasteiger charge is 2.30. The molecule has 5 rings (SSSR count). The fraction of sp³-hybridized carbons (Fsp3) is 0.476. The highest BCUT2D eigenvalue weighted by Crippen LogP contribution is 2.34. The summed E-state index contributed by atoms with van der Waals surface area (Å²) in [7, 11) is 1.40. The van der Waals surface area contributed by atoms with Crippen LogP contribution in [0.1, 0.15) is 32.7 Å². The van der Waals surface area contributed by atoms with Crippen molar-refractivity contribution in [2.75, 3.05) is 32.1 Å². The van der Waals surface area contributed by atoms with Crippen LogP contribution in [-0.4, -0.2) is 56.9 Å². The number of halogens is 2. The van der Waals surface area contributed by atoms with Crippen molar-refractivity contribution in [1.82, 2.24) is 24.3 Å². The minimum Gasteiger partial charge on any atom is -0.493 e. The lowest BCUT2D eigenvalue weighted by Crippen LogP contribution is -2.36. The van der Waals surface area contributed by atoms with Gasteiger partial charge in [0.1, 0.15) is 5.69 Å². The molecule has 1 amide bonds. The second-order valence-electron chi connectivity index (χ2n) is 7.65. The molecule has 166 valence electrons. The average Bonchev–Trinajstić information content (AvgIpc) is 3.35. The maximum absolute atomic E-state index is 13.2. The minimum atomic E-state index is -2.78. The zero-order valence-electron chi connectivity index (χ0n) is 17.6. The van der Waals surface area contributed by atoms with E-state index in [1.54, 1.807) is 28.9 Å². The summed E-state index contributed by atoms with van der Waals surface area (Å²) in [5.74, 6) is 0.723. The number of hydrogen-bond donors (Lipinski definition) is 1. The van der Waals surface area contributed by atoms with Crippen LogP contribution in [0.4, 0.5) is 14.6 Å². The van der Waals surface area contributed by atoms with Gasteiger partial charge in [0.15, 0.2) is 11.6 Å². The lowest BCUT2D eigenvalue weighted by molar-refractivity contribution is -0.117. The summed E-state index contributed by atoms with van der Waals surface area (Å²) in [5, 5.41) is 10.7. The van der Waals surface area contributed by atoms with Gasteiger partial charge in [0.25, 0.3) is 0 Å². The molecule has 1 aliphatic carbocycles. The molecule has 4 heterocycles. The Morgan fingerprint density at radius 1 is 1.32 bits per heavy atom. The van der Waals surface area contributed by atoms with Crippen LogP contribution in [0.2, 0.25) is 0 Å². The minimum absolute atomic E-state index is 0.0407. The molecular weight excluding hydrogens is 406 g/mol. The number of nitrogens with one attached hydrogen (secondary N) is 1. The van der Waals surface area contributed by atoms with Gasteiger partial charge in [-0.05, 0) is 51.0 Å². The van der Waals surface area contributed by atoms with Gasteiger partial charge in [0.2, 0.25) is 5.91 Å². The molecule has 1 N–H and O–H groups in total. The van der Waals surface area contributed by atoms with Crippen molar-refractivity contribution in [3.8, 4) is 17.0 Å². The number of methoxy groups -OCH3 is 1. The first-order valence-corrected chi connectivity index (χ1v) is 10.4. The maximum atomic E-state index is 13.2. The maximum Gasteiger partial charge on any atom is 0.333 e. The number of fused-ring (bicyclic) bond motifs is 1. The molecule has 2 aliphatic rings. The van der Waals surface area contributed by atoms with Gasteiger partial charge >= 0.3 is 6.55 Å². The van der Waals surface area contributed by atoms with Crippen LogP contribution in [0.3, 0.4) is 0 Å². The number of amides is 1. The molecule has 8 nitrogen and oxygen atoms in total. The lowest BCUT2D eigenvalue weighted by Gasteiger charge is -2.28. The van der Waals surface area contributed by atoms with E-state index in [4.69, 9.17) is 4.74 Å². The lowest BCUT2D eigenvalue weighted by atomic mass is 10.1. The molecule has 0 bridgehead atoms. The van der Waals surface area contributed by atoms with Gasteiger partial charge in [-0.25, -0.2) is 4.52 Å². The molecule has 0 spiro atoms. The van der Waals surface area contributed by atoms with E-state index in [0.717, 1.165) is 12.8 Å². The zero-order chi connectivity index (χ0) is 22.0. The molecule has 3 aromatic heterocycles. The third-order valence-electron chi connectivity index (χ3n) is 5.50. The normalized spacial score (nSPS) is 16.0. The van der Waals surface area contributed by atoms with Crippen LogP contribution < -0.4 is 10.1 Å². The Balaban J connectivity index is 0.000000334. The van der Waals surface area contributed by atoms with Gasteiger partial charge in [-0.15, -0.1) is 0 Å². The monoisotopic (exact) mass is 432 g/mol. The number of likely N-dealkylation sites (tertiary alicyclic amines) is 1. The van der Waals surface area contributed by atoms with Crippen molar-refractivity contribution in [2.24, 2.45) is 5.92 Å². The van der Waals surface area contributed by atoms with Gasteiger partial charge in [-0.3, -0.25) is 4.79 Å². The Hall–Kier alpha value is -3.01. The molecular formula is C21H26F2N6O2. The number of pyridine rings is 1. The first-order valence-electron chi connectivity index (χ1n) is 10.4. The van der Waals surface area contributed by atoms with E-state index in [1.807, 2.05) is 0 Å². The number of carbonyl (C=O) groups excluding carboxylic acids is 1. The summed E-state index contributed by atoms with van der Waals surface area (Å²) in [5.41, 5.74) is 1.36. The molecule has 10 heteroatoms. The SMILES string of the molecule is CCN1CCC1.COc1cnn(C(F)F)c1-c1ccn2nc(NC(=O)C3CC3)cc2c1. The molecule has 1 saturated heterocycles. The second-order valence-corrected chi connectivity index (χ2v) is 7.65. The van der Waals surface area contributed by atoms with E-state index in [-0.39, 0.29) is 23.3 Å². The van der Waals surface area contributed by atoms with Crippen molar-refractivity contribution in [3.63, 3.8) is 0 Å². The fourth-order valence-electron chi connectivity index (χ4n) is 3.39. The van der Waals surface area contributed by atoms with E-state index in [9.17, 15) is 13.6 Å². The van der Waals surface area contributed by atoms with E-state index in [1.165, 1.54) is 39.4 Å². The largest absolute Gasteiger partial charge is 0.493 e. The van der Waals surface area contributed by atoms with E-state index in [0.29, 0.717) is 21.6 Å². The summed E-state index contributed by atoms with van der Waals surface area (Å²) in [6, 6.07) is 5.03. The number of alkyl halides is 2. The summed E-state index contributed by atoms with van der Waals surface area (Å²) in [6.45, 7) is 3.36. The third-order valence-corrected chi connectivity index (χ3v) is 5.50. The highest BCUT2D eigenvalue weighted by molar-refractivity contribution is 5.93. The van der Waals surface area contributed by atoms with Crippen LogP contribution in [0.15, 0.2) is 30.6 Å². The van der Waals surface area contributed by atoms with Crippen LogP contribution in [-0.2, 0) is 4.79 Å². The molecule has 0 atom stereocenters. The van der Waals surface area contributed by atoms with Crippen LogP contribution in [0.25, 0.3) is 16.8 Å². The summed E-state index contributed by atoms with van der Waals surface area (Å²) in [6.07, 6.45) is 6.12. The average molecular weight is 432 g/mol. The molecule has 0 radical (unpaired) electrons. The number of nitrogens with zero attached hydrogens (tertiary/aromatic N) is 5. The van der Waals surface area contributed by atoms with Crippen molar-refractivity contribution < 1.29 is 18.3 Å². The number of aromatic nitrogens is 4. The van der Waals surface area contributed by atoms with Crippen LogP contribution in [0.5, 0.6) is 5.75 Å². The third kappa shape index (κ3) is 4.68. The van der Waals surface area contributed by atoms with Gasteiger partial charge < -0.3 is 15.0 Å². The standard InChI is InChI=1S/C16H15F2N5O2.C5H11N/c1-25-12-8-19-23(16(17)18)14(12)10-4-5-22-11(6-10)7-13(21-22)20-15(24)9-2-3-9;1-2-6-4-3-5-6/h4-9,16H,2-3H2,1H3,(H,20,21,24);2-5H2,1H3. The Bertz CT molecular complexity index is 1050. The van der Waals surface area contributed by atoms with Gasteiger partial charge in [-0.2, -0.15) is 23.7 Å². The number of hydrogen-bond acceptors (Lipinski definition) is 5. The number of rotatable bonds is 6.